The van der Waals surface area contributed by atoms with Crippen molar-refractivity contribution in [1.82, 2.24) is 4.90 Å². The van der Waals surface area contributed by atoms with Crippen LogP contribution in [0.25, 0.3) is 0 Å². The lowest BCUT2D eigenvalue weighted by Crippen LogP contribution is -2.47. The summed E-state index contributed by atoms with van der Waals surface area (Å²) < 4.78 is 37.7. The van der Waals surface area contributed by atoms with Gasteiger partial charge >= 0.3 is 6.18 Å². The molecule has 1 amide bonds. The number of piperidine rings is 1. The van der Waals surface area contributed by atoms with Gasteiger partial charge in [-0.15, -0.1) is 0 Å². The summed E-state index contributed by atoms with van der Waals surface area (Å²) in [5, 5.41) is 0. The molecule has 1 aliphatic rings. The van der Waals surface area contributed by atoms with Crippen LogP contribution in [0.5, 0.6) is 0 Å². The first-order valence-electron chi connectivity index (χ1n) is 4.58. The lowest BCUT2D eigenvalue weighted by Gasteiger charge is -2.40. The summed E-state index contributed by atoms with van der Waals surface area (Å²) >= 11 is 0. The number of alkyl halides is 3. The van der Waals surface area contributed by atoms with Crippen molar-refractivity contribution in [1.29, 1.82) is 0 Å². The van der Waals surface area contributed by atoms with Crippen LogP contribution in [-0.4, -0.2) is 30.1 Å². The van der Waals surface area contributed by atoms with Gasteiger partial charge in [-0.05, 0) is 12.8 Å². The van der Waals surface area contributed by atoms with E-state index >= 15 is 0 Å². The summed E-state index contributed by atoms with van der Waals surface area (Å²) in [5.74, 6) is -0.144. The highest BCUT2D eigenvalue weighted by molar-refractivity contribution is 5.73. The highest BCUT2D eigenvalue weighted by atomic mass is 19.4. The molecule has 0 aromatic rings. The topological polar surface area (TPSA) is 20.3 Å². The van der Waals surface area contributed by atoms with Crippen LogP contribution in [0.1, 0.15) is 26.7 Å². The Morgan fingerprint density at radius 2 is 1.71 bits per heavy atom. The molecule has 1 aliphatic heterocycles. The predicted molar refractivity (Wildman–Crippen MR) is 45.7 cm³/mol. The predicted octanol–water partition coefficient (Wildman–Crippen LogP) is 2.20. The molecule has 0 radical (unpaired) electrons. The molecule has 0 spiro atoms. The molecule has 14 heavy (non-hydrogen) atoms. The van der Waals surface area contributed by atoms with Gasteiger partial charge in [-0.3, -0.25) is 4.79 Å². The fraction of sp³-hybridized carbons (Fsp3) is 0.889. The molecule has 0 aromatic carbocycles. The van der Waals surface area contributed by atoms with Crippen molar-refractivity contribution in [2.45, 2.75) is 32.9 Å². The molecule has 0 atom stereocenters. The number of carbonyl (C=O) groups is 1. The van der Waals surface area contributed by atoms with Crippen LogP contribution in [0, 0.1) is 5.41 Å². The van der Waals surface area contributed by atoms with E-state index in [4.69, 9.17) is 0 Å². The second-order valence-electron chi connectivity index (χ2n) is 4.06. The largest absolute Gasteiger partial charge is 0.394 e. The Bertz CT molecular complexity index is 229. The Labute approximate surface area is 81.1 Å². The van der Waals surface area contributed by atoms with Crippen LogP contribution >= 0.6 is 0 Å². The van der Waals surface area contributed by atoms with E-state index in [1.807, 2.05) is 0 Å². The van der Waals surface area contributed by atoms with Crippen molar-refractivity contribution >= 4 is 5.91 Å². The zero-order valence-electron chi connectivity index (χ0n) is 8.32. The average molecular weight is 209 g/mol. The molecule has 5 heteroatoms. The maximum Gasteiger partial charge on any atom is 0.394 e. The van der Waals surface area contributed by atoms with E-state index in [0.717, 1.165) is 0 Å². The number of likely N-dealkylation sites (tertiary alicyclic amines) is 1. The molecular formula is C9H14F3NO. The Morgan fingerprint density at radius 1 is 1.29 bits per heavy atom. The van der Waals surface area contributed by atoms with Gasteiger partial charge in [-0.2, -0.15) is 13.2 Å². The molecule has 0 unspecified atom stereocenters. The molecule has 2 nitrogen and oxygen atoms in total. The number of amides is 1. The Morgan fingerprint density at radius 3 is 2.00 bits per heavy atom. The van der Waals surface area contributed by atoms with Gasteiger partial charge in [-0.1, -0.05) is 6.92 Å². The van der Waals surface area contributed by atoms with Gasteiger partial charge in [0.1, 0.15) is 0 Å². The van der Waals surface area contributed by atoms with Gasteiger partial charge in [-0.25, -0.2) is 0 Å². The number of nitrogens with zero attached hydrogens (tertiary/aromatic N) is 1. The van der Waals surface area contributed by atoms with E-state index < -0.39 is 11.6 Å². The van der Waals surface area contributed by atoms with Gasteiger partial charge in [0.05, 0.1) is 5.41 Å². The van der Waals surface area contributed by atoms with Gasteiger partial charge in [0, 0.05) is 20.0 Å². The molecule has 0 N–H and O–H groups in total. The summed E-state index contributed by atoms with van der Waals surface area (Å²) in [7, 11) is 0. The van der Waals surface area contributed by atoms with Crippen LogP contribution in [0.2, 0.25) is 0 Å². The Balaban J connectivity index is 2.62. The third-order valence-corrected chi connectivity index (χ3v) is 3.00. The van der Waals surface area contributed by atoms with Crippen molar-refractivity contribution in [3.8, 4) is 0 Å². The highest BCUT2D eigenvalue weighted by Gasteiger charge is 2.52. The van der Waals surface area contributed by atoms with Crippen molar-refractivity contribution in [2.75, 3.05) is 13.1 Å². The Kier molecular flexibility index (Phi) is 2.78. The first-order chi connectivity index (χ1) is 6.26. The minimum atomic E-state index is -4.16. The third-order valence-electron chi connectivity index (χ3n) is 3.00. The monoisotopic (exact) mass is 209 g/mol. The summed E-state index contributed by atoms with van der Waals surface area (Å²) in [6.07, 6.45) is -4.14. The van der Waals surface area contributed by atoms with Gasteiger partial charge in [0.25, 0.3) is 0 Å². The number of halogens is 3. The smallest absolute Gasteiger partial charge is 0.343 e. The van der Waals surface area contributed by atoms with E-state index in [2.05, 4.69) is 0 Å². The van der Waals surface area contributed by atoms with Crippen LogP contribution in [0.4, 0.5) is 13.2 Å². The number of carbonyl (C=O) groups excluding carboxylic acids is 1. The average Bonchev–Trinajstić information content (AvgIpc) is 2.03. The standard InChI is InChI=1S/C9H14F3NO/c1-7(14)13-5-3-8(2,4-6-13)9(10,11)12/h3-6H2,1-2H3. The molecule has 1 heterocycles. The van der Waals surface area contributed by atoms with E-state index in [-0.39, 0.29) is 31.8 Å². The van der Waals surface area contributed by atoms with Gasteiger partial charge in [0.15, 0.2) is 0 Å². The fourth-order valence-electron chi connectivity index (χ4n) is 1.60. The van der Waals surface area contributed by atoms with E-state index in [0.29, 0.717) is 0 Å². The van der Waals surface area contributed by atoms with Crippen molar-refractivity contribution in [3.63, 3.8) is 0 Å². The normalized spacial score (nSPS) is 22.2. The zero-order valence-corrected chi connectivity index (χ0v) is 8.32. The zero-order chi connectivity index (χ0) is 11.0. The maximum absolute atomic E-state index is 12.6. The maximum atomic E-state index is 12.6. The first kappa shape index (κ1) is 11.3. The summed E-state index contributed by atoms with van der Waals surface area (Å²) in [5.41, 5.74) is -1.61. The minimum Gasteiger partial charge on any atom is -0.343 e. The van der Waals surface area contributed by atoms with Crippen molar-refractivity contribution in [3.05, 3.63) is 0 Å². The Hall–Kier alpha value is -0.740. The van der Waals surface area contributed by atoms with Crippen LogP contribution in [0.3, 0.4) is 0 Å². The van der Waals surface area contributed by atoms with Crippen LogP contribution < -0.4 is 0 Å². The van der Waals surface area contributed by atoms with E-state index in [9.17, 15) is 18.0 Å². The molecular weight excluding hydrogens is 195 g/mol. The van der Waals surface area contributed by atoms with Gasteiger partial charge < -0.3 is 4.90 Å². The lowest BCUT2D eigenvalue weighted by atomic mass is 9.80. The summed E-state index contributed by atoms with van der Waals surface area (Å²) in [6, 6.07) is 0. The van der Waals surface area contributed by atoms with Gasteiger partial charge in [0.2, 0.25) is 5.91 Å². The molecule has 0 bridgehead atoms. The summed E-state index contributed by atoms with van der Waals surface area (Å²) in [6.45, 7) is 3.04. The minimum absolute atomic E-state index is 0.0100. The lowest BCUT2D eigenvalue weighted by molar-refractivity contribution is -0.230. The number of hydrogen-bond acceptors (Lipinski definition) is 1. The fourth-order valence-corrected chi connectivity index (χ4v) is 1.60. The molecule has 0 saturated carbocycles. The SMILES string of the molecule is CC(=O)N1CCC(C)(C(F)(F)F)CC1. The molecule has 82 valence electrons. The van der Waals surface area contributed by atoms with E-state index in [1.165, 1.54) is 18.7 Å². The second-order valence-corrected chi connectivity index (χ2v) is 4.06. The summed E-state index contributed by atoms with van der Waals surface area (Å²) in [4.78, 5) is 12.4. The number of rotatable bonds is 0. The molecule has 1 saturated heterocycles. The highest BCUT2D eigenvalue weighted by Crippen LogP contribution is 2.45. The molecule has 0 aliphatic carbocycles. The number of hydrogen-bond donors (Lipinski definition) is 0. The molecule has 1 fully saturated rings. The third kappa shape index (κ3) is 2.01. The quantitative estimate of drug-likeness (QED) is 0.599. The second kappa shape index (κ2) is 3.44. The van der Waals surface area contributed by atoms with E-state index in [1.54, 1.807) is 0 Å². The first-order valence-corrected chi connectivity index (χ1v) is 4.58. The van der Waals surface area contributed by atoms with Crippen molar-refractivity contribution < 1.29 is 18.0 Å². The van der Waals surface area contributed by atoms with Crippen LogP contribution in [0.15, 0.2) is 0 Å². The van der Waals surface area contributed by atoms with Crippen molar-refractivity contribution in [2.24, 2.45) is 5.41 Å². The molecule has 1 rings (SSSR count). The van der Waals surface area contributed by atoms with Crippen LogP contribution in [-0.2, 0) is 4.79 Å². The molecule has 0 aromatic heterocycles.